The molecule has 1 aromatic carbocycles. The Kier molecular flexibility index (Phi) is 5.29. The standard InChI is InChI=1S/C15H23FO2/c1-5-11(6-2)14(17)15(18)13-10(4)7-9(3)8-12(13)16/h7-8,11,14-15,17-18H,5-6H2,1-4H3. The molecule has 0 aliphatic rings. The second kappa shape index (κ2) is 6.30. The van der Waals surface area contributed by atoms with Gasteiger partial charge in [-0.15, -0.1) is 0 Å². The van der Waals surface area contributed by atoms with Crippen LogP contribution in [0.2, 0.25) is 0 Å². The number of aliphatic hydroxyl groups is 2. The fourth-order valence-electron chi connectivity index (χ4n) is 2.50. The van der Waals surface area contributed by atoms with Gasteiger partial charge in [0, 0.05) is 5.56 Å². The van der Waals surface area contributed by atoms with Gasteiger partial charge in [0.1, 0.15) is 11.9 Å². The molecule has 1 aromatic rings. The lowest BCUT2D eigenvalue weighted by molar-refractivity contribution is -0.0229. The van der Waals surface area contributed by atoms with Crippen LogP contribution in [0.4, 0.5) is 4.39 Å². The Morgan fingerprint density at radius 1 is 1.11 bits per heavy atom. The van der Waals surface area contributed by atoms with Crippen LogP contribution < -0.4 is 0 Å². The Labute approximate surface area is 108 Å². The Hall–Kier alpha value is -0.930. The summed E-state index contributed by atoms with van der Waals surface area (Å²) in [6, 6.07) is 3.21. The van der Waals surface area contributed by atoms with Crippen molar-refractivity contribution in [2.45, 2.75) is 52.7 Å². The summed E-state index contributed by atoms with van der Waals surface area (Å²) in [4.78, 5) is 0. The summed E-state index contributed by atoms with van der Waals surface area (Å²) >= 11 is 0. The van der Waals surface area contributed by atoms with Crippen molar-refractivity contribution >= 4 is 0 Å². The highest BCUT2D eigenvalue weighted by molar-refractivity contribution is 5.34. The quantitative estimate of drug-likeness (QED) is 0.846. The van der Waals surface area contributed by atoms with Gasteiger partial charge in [0.05, 0.1) is 6.10 Å². The van der Waals surface area contributed by atoms with Crippen LogP contribution in [-0.4, -0.2) is 16.3 Å². The van der Waals surface area contributed by atoms with E-state index >= 15 is 0 Å². The summed E-state index contributed by atoms with van der Waals surface area (Å²) in [5.74, 6) is -0.454. The van der Waals surface area contributed by atoms with Gasteiger partial charge in [-0.05, 0) is 37.0 Å². The van der Waals surface area contributed by atoms with E-state index in [2.05, 4.69) is 0 Å². The molecule has 0 saturated carbocycles. The van der Waals surface area contributed by atoms with Crippen LogP contribution in [-0.2, 0) is 0 Å². The average Bonchev–Trinajstić information content (AvgIpc) is 2.28. The smallest absolute Gasteiger partial charge is 0.129 e. The lowest BCUT2D eigenvalue weighted by Gasteiger charge is -2.26. The van der Waals surface area contributed by atoms with Crippen LogP contribution >= 0.6 is 0 Å². The molecule has 0 bridgehead atoms. The van der Waals surface area contributed by atoms with E-state index in [0.717, 1.165) is 18.4 Å². The highest BCUT2D eigenvalue weighted by Crippen LogP contribution is 2.30. The number of aryl methyl sites for hydroxylation is 2. The van der Waals surface area contributed by atoms with E-state index < -0.39 is 18.0 Å². The van der Waals surface area contributed by atoms with Crippen molar-refractivity contribution in [1.82, 2.24) is 0 Å². The highest BCUT2D eigenvalue weighted by Gasteiger charge is 2.28. The van der Waals surface area contributed by atoms with Gasteiger partial charge < -0.3 is 10.2 Å². The van der Waals surface area contributed by atoms with Crippen molar-refractivity contribution in [3.8, 4) is 0 Å². The predicted octanol–water partition coefficient (Wildman–Crippen LogP) is 3.27. The lowest BCUT2D eigenvalue weighted by Crippen LogP contribution is -2.28. The van der Waals surface area contributed by atoms with Gasteiger partial charge in [-0.2, -0.15) is 0 Å². The Balaban J connectivity index is 3.07. The minimum atomic E-state index is -1.16. The molecule has 2 nitrogen and oxygen atoms in total. The van der Waals surface area contributed by atoms with Crippen molar-refractivity contribution in [3.63, 3.8) is 0 Å². The van der Waals surface area contributed by atoms with Gasteiger partial charge >= 0.3 is 0 Å². The minimum absolute atomic E-state index is 0.0138. The maximum Gasteiger partial charge on any atom is 0.129 e. The number of hydrogen-bond acceptors (Lipinski definition) is 2. The molecule has 3 heteroatoms. The van der Waals surface area contributed by atoms with Crippen LogP contribution in [0, 0.1) is 25.6 Å². The van der Waals surface area contributed by atoms with E-state index in [-0.39, 0.29) is 11.5 Å². The van der Waals surface area contributed by atoms with Gasteiger partial charge in [0.25, 0.3) is 0 Å². The number of benzene rings is 1. The molecular formula is C15H23FO2. The molecule has 0 spiro atoms. The molecule has 0 aliphatic carbocycles. The second-order valence-electron chi connectivity index (χ2n) is 4.99. The van der Waals surface area contributed by atoms with Crippen molar-refractivity contribution in [1.29, 1.82) is 0 Å². The molecule has 0 fully saturated rings. The first-order valence-electron chi connectivity index (χ1n) is 6.55. The number of halogens is 1. The third kappa shape index (κ3) is 3.09. The van der Waals surface area contributed by atoms with E-state index in [9.17, 15) is 14.6 Å². The first kappa shape index (κ1) is 15.1. The molecule has 0 aromatic heterocycles. The molecule has 0 heterocycles. The van der Waals surface area contributed by atoms with Crippen molar-refractivity contribution in [3.05, 3.63) is 34.6 Å². The molecule has 0 aliphatic heterocycles. The molecule has 102 valence electrons. The number of hydrogen-bond donors (Lipinski definition) is 2. The molecule has 1 rings (SSSR count). The maximum atomic E-state index is 13.9. The summed E-state index contributed by atoms with van der Waals surface area (Å²) in [6.45, 7) is 7.49. The first-order valence-corrected chi connectivity index (χ1v) is 6.55. The molecule has 2 atom stereocenters. The summed E-state index contributed by atoms with van der Waals surface area (Å²) in [5, 5.41) is 20.3. The topological polar surface area (TPSA) is 40.5 Å². The fourth-order valence-corrected chi connectivity index (χ4v) is 2.50. The summed E-state index contributed by atoms with van der Waals surface area (Å²) < 4.78 is 13.9. The van der Waals surface area contributed by atoms with Crippen LogP contribution in [0.3, 0.4) is 0 Å². The molecule has 2 unspecified atom stereocenters. The van der Waals surface area contributed by atoms with E-state index in [1.165, 1.54) is 6.07 Å². The van der Waals surface area contributed by atoms with Crippen molar-refractivity contribution in [2.75, 3.05) is 0 Å². The predicted molar refractivity (Wildman–Crippen MR) is 70.9 cm³/mol. The number of rotatable bonds is 5. The lowest BCUT2D eigenvalue weighted by atomic mass is 9.87. The molecule has 0 saturated heterocycles. The average molecular weight is 254 g/mol. The zero-order valence-corrected chi connectivity index (χ0v) is 11.6. The summed E-state index contributed by atoms with van der Waals surface area (Å²) in [7, 11) is 0. The Bertz CT molecular complexity index is 376. The normalized spacial score (nSPS) is 14.9. The summed E-state index contributed by atoms with van der Waals surface area (Å²) in [6.07, 6.45) is -0.547. The molecule has 0 radical (unpaired) electrons. The van der Waals surface area contributed by atoms with Crippen LogP contribution in [0.1, 0.15) is 49.5 Å². The first-order chi connectivity index (χ1) is 8.42. The SMILES string of the molecule is CCC(CC)C(O)C(O)c1c(C)cc(C)cc1F. The molecule has 0 amide bonds. The Morgan fingerprint density at radius 3 is 2.11 bits per heavy atom. The van der Waals surface area contributed by atoms with Crippen LogP contribution in [0.15, 0.2) is 12.1 Å². The van der Waals surface area contributed by atoms with Gasteiger partial charge in [0.15, 0.2) is 0 Å². The zero-order chi connectivity index (χ0) is 13.9. The van der Waals surface area contributed by atoms with Gasteiger partial charge in [-0.1, -0.05) is 32.8 Å². The third-order valence-corrected chi connectivity index (χ3v) is 3.63. The summed E-state index contributed by atoms with van der Waals surface area (Å²) in [5.41, 5.74) is 1.72. The van der Waals surface area contributed by atoms with E-state index in [0.29, 0.717) is 5.56 Å². The molecule has 18 heavy (non-hydrogen) atoms. The van der Waals surface area contributed by atoms with Gasteiger partial charge in [-0.3, -0.25) is 0 Å². The van der Waals surface area contributed by atoms with Crippen LogP contribution in [0.25, 0.3) is 0 Å². The second-order valence-corrected chi connectivity index (χ2v) is 4.99. The number of aliphatic hydroxyl groups excluding tert-OH is 2. The van der Waals surface area contributed by atoms with Crippen molar-refractivity contribution in [2.24, 2.45) is 5.92 Å². The van der Waals surface area contributed by atoms with Crippen LogP contribution in [0.5, 0.6) is 0 Å². The minimum Gasteiger partial charge on any atom is -0.390 e. The van der Waals surface area contributed by atoms with Gasteiger partial charge in [-0.25, -0.2) is 4.39 Å². The maximum absolute atomic E-state index is 13.9. The van der Waals surface area contributed by atoms with E-state index in [1.807, 2.05) is 26.8 Å². The highest BCUT2D eigenvalue weighted by atomic mass is 19.1. The van der Waals surface area contributed by atoms with E-state index in [1.54, 1.807) is 6.92 Å². The largest absolute Gasteiger partial charge is 0.390 e. The molecular weight excluding hydrogens is 231 g/mol. The Morgan fingerprint density at radius 2 is 1.67 bits per heavy atom. The fraction of sp³-hybridized carbons (Fsp3) is 0.600. The van der Waals surface area contributed by atoms with E-state index in [4.69, 9.17) is 0 Å². The third-order valence-electron chi connectivity index (χ3n) is 3.63. The van der Waals surface area contributed by atoms with Crippen molar-refractivity contribution < 1.29 is 14.6 Å². The zero-order valence-electron chi connectivity index (χ0n) is 11.6. The monoisotopic (exact) mass is 254 g/mol. The molecule has 2 N–H and O–H groups in total. The van der Waals surface area contributed by atoms with Gasteiger partial charge in [0.2, 0.25) is 0 Å².